The lowest BCUT2D eigenvalue weighted by molar-refractivity contribution is -0.123. The third kappa shape index (κ3) is 4.26. The normalized spacial score (nSPS) is 22.9. The van der Waals surface area contributed by atoms with Crippen molar-refractivity contribution in [1.82, 2.24) is 10.2 Å². The summed E-state index contributed by atoms with van der Waals surface area (Å²) in [5.41, 5.74) is 1.56. The summed E-state index contributed by atoms with van der Waals surface area (Å²) in [7, 11) is 0. The van der Waals surface area contributed by atoms with Crippen LogP contribution in [0.2, 0.25) is 0 Å². The van der Waals surface area contributed by atoms with Gasteiger partial charge in [0.05, 0.1) is 5.41 Å². The van der Waals surface area contributed by atoms with Crippen LogP contribution in [0.5, 0.6) is 0 Å². The lowest BCUT2D eigenvalue weighted by atomic mass is 9.79. The fourth-order valence-electron chi connectivity index (χ4n) is 5.22. The minimum Gasteiger partial charge on any atom is -0.381 e. The van der Waals surface area contributed by atoms with Gasteiger partial charge >= 0.3 is 0 Å². The Morgan fingerprint density at radius 1 is 1.13 bits per heavy atom. The maximum atomic E-state index is 12.9. The van der Waals surface area contributed by atoms with E-state index in [0.29, 0.717) is 19.5 Å². The molecule has 0 radical (unpaired) electrons. The zero-order valence-corrected chi connectivity index (χ0v) is 18.4. The highest BCUT2D eigenvalue weighted by atomic mass is 16.5. The number of anilines is 1. The Labute approximate surface area is 179 Å². The van der Waals surface area contributed by atoms with Crippen LogP contribution in [-0.2, 0) is 19.7 Å². The Hall–Kier alpha value is -1.92. The Bertz CT molecular complexity index is 780. The molecular weight excluding hydrogens is 378 g/mol. The number of amides is 2. The molecule has 1 aromatic carbocycles. The molecule has 0 atom stereocenters. The van der Waals surface area contributed by atoms with Crippen molar-refractivity contribution in [3.05, 3.63) is 29.8 Å². The lowest BCUT2D eigenvalue weighted by Gasteiger charge is -2.40. The molecule has 0 unspecified atom stereocenters. The molecule has 1 N–H and O–H groups in total. The first-order chi connectivity index (χ1) is 14.4. The molecule has 0 spiro atoms. The molecule has 0 aromatic heterocycles. The summed E-state index contributed by atoms with van der Waals surface area (Å²) in [6, 6.07) is 7.92. The average molecular weight is 414 g/mol. The standard InChI is InChI=1S/C24H35N3O3/c1-23(2)19-7-3-4-8-20(19)27(22(23)29)14-9-21(28)25-17-24(10-15-30-16-11-24)18-26-12-5-6-13-26/h3-4,7-8H,5-6,9-18H2,1-2H3,(H,25,28). The number of nitrogens with one attached hydrogen (secondary N) is 1. The highest BCUT2D eigenvalue weighted by Crippen LogP contribution is 2.41. The van der Waals surface area contributed by atoms with Crippen LogP contribution in [0.4, 0.5) is 5.69 Å². The molecule has 30 heavy (non-hydrogen) atoms. The van der Waals surface area contributed by atoms with Gasteiger partial charge in [0.1, 0.15) is 0 Å². The molecule has 4 rings (SSSR count). The van der Waals surface area contributed by atoms with Gasteiger partial charge in [0.15, 0.2) is 0 Å². The van der Waals surface area contributed by atoms with E-state index in [1.807, 2.05) is 38.1 Å². The Kier molecular flexibility index (Phi) is 6.16. The van der Waals surface area contributed by atoms with Gasteiger partial charge in [0, 0.05) is 50.4 Å². The molecule has 3 heterocycles. The molecule has 3 aliphatic heterocycles. The van der Waals surface area contributed by atoms with Crippen molar-refractivity contribution in [3.8, 4) is 0 Å². The number of benzene rings is 1. The number of para-hydroxylation sites is 1. The smallest absolute Gasteiger partial charge is 0.237 e. The van der Waals surface area contributed by atoms with Gasteiger partial charge < -0.3 is 19.9 Å². The predicted octanol–water partition coefficient (Wildman–Crippen LogP) is 2.71. The highest BCUT2D eigenvalue weighted by molar-refractivity contribution is 6.07. The van der Waals surface area contributed by atoms with Crippen LogP contribution < -0.4 is 10.2 Å². The molecule has 0 aliphatic carbocycles. The first kappa shape index (κ1) is 21.3. The van der Waals surface area contributed by atoms with Crippen LogP contribution >= 0.6 is 0 Å². The number of carbonyl (C=O) groups is 2. The third-order valence-electron chi connectivity index (χ3n) is 7.18. The monoisotopic (exact) mass is 413 g/mol. The Balaban J connectivity index is 1.33. The van der Waals surface area contributed by atoms with E-state index in [1.165, 1.54) is 25.9 Å². The van der Waals surface area contributed by atoms with Gasteiger partial charge in [-0.15, -0.1) is 0 Å². The number of likely N-dealkylation sites (tertiary alicyclic amines) is 1. The van der Waals surface area contributed by atoms with Crippen LogP contribution in [0.25, 0.3) is 0 Å². The molecule has 2 amide bonds. The number of hydrogen-bond acceptors (Lipinski definition) is 4. The van der Waals surface area contributed by atoms with Gasteiger partial charge in [-0.25, -0.2) is 0 Å². The second kappa shape index (κ2) is 8.67. The second-order valence-corrected chi connectivity index (χ2v) is 9.72. The maximum absolute atomic E-state index is 12.9. The van der Waals surface area contributed by atoms with Crippen molar-refractivity contribution in [3.63, 3.8) is 0 Å². The maximum Gasteiger partial charge on any atom is 0.237 e. The summed E-state index contributed by atoms with van der Waals surface area (Å²) in [5.74, 6) is 0.101. The van der Waals surface area contributed by atoms with E-state index in [1.54, 1.807) is 4.90 Å². The van der Waals surface area contributed by atoms with Gasteiger partial charge in [0.25, 0.3) is 0 Å². The van der Waals surface area contributed by atoms with Crippen molar-refractivity contribution in [2.75, 3.05) is 50.8 Å². The van der Waals surface area contributed by atoms with E-state index in [0.717, 1.165) is 43.9 Å². The van der Waals surface area contributed by atoms with E-state index < -0.39 is 5.41 Å². The summed E-state index contributed by atoms with van der Waals surface area (Å²) in [4.78, 5) is 30.0. The van der Waals surface area contributed by atoms with Gasteiger partial charge in [-0.1, -0.05) is 18.2 Å². The average Bonchev–Trinajstić information content (AvgIpc) is 3.32. The molecule has 6 heteroatoms. The van der Waals surface area contributed by atoms with Crippen molar-refractivity contribution >= 4 is 17.5 Å². The van der Waals surface area contributed by atoms with E-state index in [-0.39, 0.29) is 17.2 Å². The molecular formula is C24H35N3O3. The van der Waals surface area contributed by atoms with Crippen LogP contribution in [-0.4, -0.2) is 62.7 Å². The lowest BCUT2D eigenvalue weighted by Crippen LogP contribution is -2.48. The molecule has 2 fully saturated rings. The number of nitrogens with zero attached hydrogens (tertiary/aromatic N) is 2. The number of fused-ring (bicyclic) bond motifs is 1. The molecule has 3 aliphatic rings. The van der Waals surface area contributed by atoms with Crippen molar-refractivity contribution in [2.45, 2.75) is 51.4 Å². The fourth-order valence-corrected chi connectivity index (χ4v) is 5.22. The van der Waals surface area contributed by atoms with Crippen molar-refractivity contribution < 1.29 is 14.3 Å². The fraction of sp³-hybridized carbons (Fsp3) is 0.667. The van der Waals surface area contributed by atoms with E-state index in [2.05, 4.69) is 10.2 Å². The highest BCUT2D eigenvalue weighted by Gasteiger charge is 2.43. The van der Waals surface area contributed by atoms with Crippen molar-refractivity contribution in [2.24, 2.45) is 5.41 Å². The van der Waals surface area contributed by atoms with E-state index >= 15 is 0 Å². The Morgan fingerprint density at radius 2 is 1.83 bits per heavy atom. The van der Waals surface area contributed by atoms with Crippen LogP contribution in [0.3, 0.4) is 0 Å². The summed E-state index contributed by atoms with van der Waals surface area (Å²) in [6.45, 7) is 9.97. The van der Waals surface area contributed by atoms with Gasteiger partial charge in [-0.3, -0.25) is 9.59 Å². The quantitative estimate of drug-likeness (QED) is 0.747. The van der Waals surface area contributed by atoms with Crippen molar-refractivity contribution in [1.29, 1.82) is 0 Å². The van der Waals surface area contributed by atoms with Gasteiger partial charge in [-0.2, -0.15) is 0 Å². The number of carbonyl (C=O) groups excluding carboxylic acids is 2. The summed E-state index contributed by atoms with van der Waals surface area (Å²) >= 11 is 0. The molecule has 1 aromatic rings. The zero-order valence-electron chi connectivity index (χ0n) is 18.4. The summed E-state index contributed by atoms with van der Waals surface area (Å²) < 4.78 is 5.60. The first-order valence-electron chi connectivity index (χ1n) is 11.4. The molecule has 6 nitrogen and oxygen atoms in total. The number of rotatable bonds is 7. The van der Waals surface area contributed by atoms with Gasteiger partial charge in [0.2, 0.25) is 11.8 Å². The van der Waals surface area contributed by atoms with Crippen LogP contribution in [0, 0.1) is 5.41 Å². The van der Waals surface area contributed by atoms with Gasteiger partial charge in [-0.05, 0) is 64.3 Å². The van der Waals surface area contributed by atoms with Crippen LogP contribution in [0.1, 0.15) is 51.5 Å². The molecule has 0 saturated carbocycles. The first-order valence-corrected chi connectivity index (χ1v) is 11.4. The number of ether oxygens (including phenoxy) is 1. The Morgan fingerprint density at radius 3 is 2.57 bits per heavy atom. The second-order valence-electron chi connectivity index (χ2n) is 9.72. The minimum absolute atomic E-state index is 0.0253. The SMILES string of the molecule is CC1(C)C(=O)N(CCC(=O)NCC2(CN3CCCC3)CCOCC2)c2ccccc21. The molecule has 0 bridgehead atoms. The topological polar surface area (TPSA) is 61.9 Å². The predicted molar refractivity (Wildman–Crippen MR) is 118 cm³/mol. The van der Waals surface area contributed by atoms with E-state index in [4.69, 9.17) is 4.74 Å². The van der Waals surface area contributed by atoms with E-state index in [9.17, 15) is 9.59 Å². The largest absolute Gasteiger partial charge is 0.381 e. The third-order valence-corrected chi connectivity index (χ3v) is 7.18. The zero-order chi connectivity index (χ0) is 21.2. The van der Waals surface area contributed by atoms with Crippen LogP contribution in [0.15, 0.2) is 24.3 Å². The minimum atomic E-state index is -0.533. The molecule has 2 saturated heterocycles. The molecule has 164 valence electrons. The summed E-state index contributed by atoms with van der Waals surface area (Å²) in [5, 5.41) is 3.19. The summed E-state index contributed by atoms with van der Waals surface area (Å²) in [6.07, 6.45) is 4.87. The number of hydrogen-bond donors (Lipinski definition) is 1.